The van der Waals surface area contributed by atoms with Gasteiger partial charge in [-0.05, 0) is 162 Å². The maximum atomic E-state index is 15.3. The van der Waals surface area contributed by atoms with Gasteiger partial charge < -0.3 is 15.9 Å². The van der Waals surface area contributed by atoms with E-state index in [0.29, 0.717) is 30.8 Å². The van der Waals surface area contributed by atoms with Crippen LogP contribution in [0.1, 0.15) is 165 Å². The Hall–Kier alpha value is -1.73. The number of fused-ring (bicyclic) bond motifs is 7. The van der Waals surface area contributed by atoms with E-state index >= 15 is 4.79 Å². The summed E-state index contributed by atoms with van der Waals surface area (Å²) in [5.74, 6) is 0.773. The van der Waals surface area contributed by atoms with Crippen LogP contribution in [0.3, 0.4) is 0 Å². The van der Waals surface area contributed by atoms with E-state index in [0.717, 1.165) is 89.9 Å². The summed E-state index contributed by atoms with van der Waals surface area (Å²) in [6.45, 7) is 23.5. The minimum atomic E-state index is -1.03. The summed E-state index contributed by atoms with van der Waals surface area (Å²) in [6.07, 6.45) is 14.9. The smallest absolute Gasteiger partial charge is 0.309 e. The van der Waals surface area contributed by atoms with Crippen molar-refractivity contribution in [3.8, 4) is 0 Å². The van der Waals surface area contributed by atoms with Crippen LogP contribution in [-0.4, -0.2) is 52.1 Å². The summed E-state index contributed by atoms with van der Waals surface area (Å²) in [6, 6.07) is 0. The molecule has 4 N–H and O–H groups in total. The number of unbranched alkanes of at least 4 members (excludes halogenated alkanes) is 4. The number of imide groups is 1. The quantitative estimate of drug-likeness (QED) is 0.130. The fourth-order valence-electron chi connectivity index (χ4n) is 13.7. The molecule has 0 aromatic rings. The number of hydrogen-bond acceptors (Lipinski definition) is 5. The van der Waals surface area contributed by atoms with Crippen molar-refractivity contribution in [3.63, 3.8) is 0 Å². The van der Waals surface area contributed by atoms with Crippen molar-refractivity contribution in [1.82, 2.24) is 4.90 Å². The number of aliphatic hydroxyl groups is 1. The van der Waals surface area contributed by atoms with Gasteiger partial charge in [-0.2, -0.15) is 0 Å². The fourth-order valence-corrected chi connectivity index (χ4v) is 13.7. The maximum absolute atomic E-state index is 15.3. The highest BCUT2D eigenvalue weighted by atomic mass is 16.4. The van der Waals surface area contributed by atoms with E-state index in [4.69, 9.17) is 5.73 Å². The minimum Gasteiger partial charge on any atom is -0.481 e. The fraction of sp³-hybridized carbons (Fsp3) is 0.886. The van der Waals surface area contributed by atoms with Gasteiger partial charge >= 0.3 is 5.97 Å². The Morgan fingerprint density at radius 2 is 1.49 bits per heavy atom. The molecule has 0 aliphatic heterocycles. The molecule has 290 valence electrons. The van der Waals surface area contributed by atoms with E-state index in [9.17, 15) is 19.8 Å². The normalized spacial score (nSPS) is 40.0. The van der Waals surface area contributed by atoms with Crippen LogP contribution >= 0.6 is 0 Å². The van der Waals surface area contributed by atoms with Gasteiger partial charge in [-0.15, -0.1) is 0 Å². The van der Waals surface area contributed by atoms with Crippen LogP contribution in [0.25, 0.3) is 0 Å². The summed E-state index contributed by atoms with van der Waals surface area (Å²) in [5, 5.41) is 20.9. The van der Waals surface area contributed by atoms with E-state index in [1.165, 1.54) is 12.0 Å². The lowest BCUT2D eigenvalue weighted by Gasteiger charge is -2.72. The number of aliphatic carboxylic acids is 1. The number of hydrogen-bond donors (Lipinski definition) is 3. The summed E-state index contributed by atoms with van der Waals surface area (Å²) < 4.78 is 0. The van der Waals surface area contributed by atoms with Gasteiger partial charge in [-0.25, -0.2) is 0 Å². The molecule has 5 saturated carbocycles. The first-order chi connectivity index (χ1) is 23.7. The highest BCUT2D eigenvalue weighted by molar-refractivity contribution is 5.99. The molecular weight excluding hydrogens is 636 g/mol. The minimum absolute atomic E-state index is 0.0179. The predicted molar refractivity (Wildman–Crippen MR) is 204 cm³/mol. The highest BCUT2D eigenvalue weighted by Gasteiger charge is 2.72. The first-order valence-corrected chi connectivity index (χ1v) is 20.9. The molecule has 0 aromatic carbocycles. The van der Waals surface area contributed by atoms with Crippen molar-refractivity contribution in [3.05, 3.63) is 12.2 Å². The third-order valence-electron chi connectivity index (χ3n) is 17.1. The van der Waals surface area contributed by atoms with Gasteiger partial charge in [0.15, 0.2) is 0 Å². The van der Waals surface area contributed by atoms with Gasteiger partial charge in [-0.3, -0.25) is 19.3 Å². The molecule has 7 nitrogen and oxygen atoms in total. The molecule has 2 amide bonds. The molecule has 10 atom stereocenters. The molecule has 0 aromatic heterocycles. The number of nitrogens with two attached hydrogens (primary N) is 1. The lowest BCUT2D eigenvalue weighted by Crippen LogP contribution is -2.67. The topological polar surface area (TPSA) is 121 Å². The Bertz CT molecular complexity index is 1340. The molecule has 5 aliphatic carbocycles. The van der Waals surface area contributed by atoms with E-state index < -0.39 is 16.8 Å². The van der Waals surface area contributed by atoms with Crippen molar-refractivity contribution in [2.45, 2.75) is 171 Å². The van der Waals surface area contributed by atoms with Crippen molar-refractivity contribution in [1.29, 1.82) is 0 Å². The number of allylic oxidation sites excluding steroid dienone is 1. The zero-order valence-corrected chi connectivity index (χ0v) is 33.7. The summed E-state index contributed by atoms with van der Waals surface area (Å²) in [4.78, 5) is 43.0. The van der Waals surface area contributed by atoms with Crippen molar-refractivity contribution >= 4 is 17.8 Å². The number of carbonyl (C=O) groups is 3. The largest absolute Gasteiger partial charge is 0.481 e. The second-order valence-corrected chi connectivity index (χ2v) is 20.3. The summed E-state index contributed by atoms with van der Waals surface area (Å²) >= 11 is 0. The number of aliphatic hydroxyl groups excluding tert-OH is 1. The van der Waals surface area contributed by atoms with E-state index in [1.807, 2.05) is 0 Å². The van der Waals surface area contributed by atoms with Gasteiger partial charge in [-0.1, -0.05) is 66.0 Å². The molecule has 5 aliphatic rings. The lowest BCUT2D eigenvalue weighted by atomic mass is 9.32. The maximum Gasteiger partial charge on any atom is 0.309 e. The predicted octanol–water partition coefficient (Wildman–Crippen LogP) is 9.16. The highest BCUT2D eigenvalue weighted by Crippen LogP contribution is 2.77. The first-order valence-electron chi connectivity index (χ1n) is 20.9. The van der Waals surface area contributed by atoms with Gasteiger partial charge in [0.2, 0.25) is 11.8 Å². The monoisotopic (exact) mass is 711 g/mol. The number of carbonyl (C=O) groups excluding carboxylic acids is 2. The SMILES string of the molecule is C=C(C)[C@@H]1CC[C@]2(C(=O)N(CCCCCCCN)C(=O)CCC(C)(C)C(=O)O)CC[C@]3(C)[C@H](CCC4[C@@]5(C)CC[C@H](O)C(C)(C)[C@@H]5CC[C@]43C)[C@@H]12. The second-order valence-electron chi connectivity index (χ2n) is 20.3. The van der Waals surface area contributed by atoms with E-state index in [-0.39, 0.29) is 64.3 Å². The van der Waals surface area contributed by atoms with E-state index in [2.05, 4.69) is 48.1 Å². The summed E-state index contributed by atoms with van der Waals surface area (Å²) in [7, 11) is 0. The molecular formula is C44H74N2O5. The molecule has 1 unspecified atom stereocenters. The zero-order valence-electron chi connectivity index (χ0n) is 33.7. The molecule has 0 bridgehead atoms. The standard InChI is InChI=1S/C44H74N2O5/c1-29(2)30-17-24-44(37(49)46(28-14-12-10-11-13-27-45)35(48)20-21-39(3,4)38(50)51)26-25-42(8)31(36(30)44)15-16-33-41(7)22-19-34(47)40(5,6)32(41)18-23-43(33,42)9/h30-34,36,47H,1,10-28,45H2,2-9H3,(H,50,51)/t30-,31+,32-,33?,34-,36+,41-,42+,43+,44-/m0/s1. The van der Waals surface area contributed by atoms with Crippen molar-refractivity contribution in [2.75, 3.05) is 13.1 Å². The molecule has 0 saturated heterocycles. The number of amides is 2. The Kier molecular flexibility index (Phi) is 11.5. The molecule has 0 spiro atoms. The average Bonchev–Trinajstić information content (AvgIpc) is 3.46. The van der Waals surface area contributed by atoms with Crippen LogP contribution in [-0.2, 0) is 14.4 Å². The number of nitrogens with zero attached hydrogens (tertiary/aromatic N) is 1. The van der Waals surface area contributed by atoms with Crippen LogP contribution in [0, 0.1) is 62.1 Å². The first kappa shape index (κ1) is 40.5. The molecule has 5 fully saturated rings. The molecule has 51 heavy (non-hydrogen) atoms. The van der Waals surface area contributed by atoms with Crippen LogP contribution in [0.5, 0.6) is 0 Å². The third kappa shape index (κ3) is 6.59. The molecule has 5 rings (SSSR count). The van der Waals surface area contributed by atoms with Gasteiger partial charge in [0.25, 0.3) is 0 Å². The third-order valence-corrected chi connectivity index (χ3v) is 17.1. The van der Waals surface area contributed by atoms with Crippen molar-refractivity contribution < 1.29 is 24.6 Å². The second kappa shape index (κ2) is 14.5. The van der Waals surface area contributed by atoms with Gasteiger partial charge in [0.1, 0.15) is 0 Å². The zero-order chi connectivity index (χ0) is 37.8. The van der Waals surface area contributed by atoms with Gasteiger partial charge in [0.05, 0.1) is 16.9 Å². The van der Waals surface area contributed by atoms with Crippen LogP contribution in [0.2, 0.25) is 0 Å². The number of carboxylic acid groups (broad SMARTS) is 1. The Morgan fingerprint density at radius 3 is 2.14 bits per heavy atom. The Labute approximate surface area is 310 Å². The molecule has 0 heterocycles. The van der Waals surface area contributed by atoms with Crippen LogP contribution in [0.15, 0.2) is 12.2 Å². The van der Waals surface area contributed by atoms with Crippen LogP contribution in [0.4, 0.5) is 0 Å². The average molecular weight is 711 g/mol. The number of carboxylic acids is 1. The molecule has 0 radical (unpaired) electrons. The molecule has 7 heteroatoms. The van der Waals surface area contributed by atoms with Crippen molar-refractivity contribution in [2.24, 2.45) is 67.8 Å². The van der Waals surface area contributed by atoms with E-state index in [1.54, 1.807) is 18.7 Å². The Balaban J connectivity index is 1.47. The lowest BCUT2D eigenvalue weighted by molar-refractivity contribution is -0.247. The summed E-state index contributed by atoms with van der Waals surface area (Å²) in [5.41, 5.74) is 5.58. The van der Waals surface area contributed by atoms with Gasteiger partial charge in [0, 0.05) is 13.0 Å². The number of rotatable bonds is 13. The Morgan fingerprint density at radius 1 is 0.824 bits per heavy atom. The van der Waals surface area contributed by atoms with Crippen LogP contribution < -0.4 is 5.73 Å².